The Kier molecular flexibility index (Phi) is 4.02. The summed E-state index contributed by atoms with van der Waals surface area (Å²) in [4.78, 5) is 21.7. The molecule has 8 nitrogen and oxygen atoms in total. The molecule has 0 aliphatic carbocycles. The van der Waals surface area contributed by atoms with Crippen molar-refractivity contribution in [1.29, 1.82) is 0 Å². The largest absolute Gasteiger partial charge is 0.336 e. The van der Waals surface area contributed by atoms with Crippen molar-refractivity contribution in [2.75, 3.05) is 13.1 Å². The fourth-order valence-corrected chi connectivity index (χ4v) is 4.22. The van der Waals surface area contributed by atoms with Crippen molar-refractivity contribution in [3.8, 4) is 22.8 Å². The smallest absolute Gasteiger partial charge is 0.159 e. The first-order valence-corrected chi connectivity index (χ1v) is 10.2. The van der Waals surface area contributed by atoms with Gasteiger partial charge in [0.15, 0.2) is 5.82 Å². The highest BCUT2D eigenvalue weighted by Gasteiger charge is 2.20. The minimum Gasteiger partial charge on any atom is -0.336 e. The maximum absolute atomic E-state index is 4.87. The second-order valence-corrected chi connectivity index (χ2v) is 7.63. The van der Waals surface area contributed by atoms with Gasteiger partial charge >= 0.3 is 0 Å². The van der Waals surface area contributed by atoms with Crippen LogP contribution in [-0.4, -0.2) is 48.2 Å². The molecule has 1 saturated heterocycles. The van der Waals surface area contributed by atoms with E-state index in [2.05, 4.69) is 41.5 Å². The van der Waals surface area contributed by atoms with E-state index < -0.39 is 0 Å². The number of hydrogen-bond donors (Lipinski definition) is 3. The molecule has 0 aromatic carbocycles. The van der Waals surface area contributed by atoms with E-state index in [0.29, 0.717) is 5.92 Å². The quantitative estimate of drug-likeness (QED) is 0.431. The summed E-state index contributed by atoms with van der Waals surface area (Å²) in [6, 6.07) is 7.99. The molecule has 0 bridgehead atoms. The van der Waals surface area contributed by atoms with Crippen LogP contribution in [0.15, 0.2) is 49.1 Å². The van der Waals surface area contributed by atoms with Crippen molar-refractivity contribution in [3.05, 3.63) is 54.7 Å². The summed E-state index contributed by atoms with van der Waals surface area (Å²) in [6.45, 7) is 2.08. The zero-order valence-corrected chi connectivity index (χ0v) is 16.3. The number of rotatable bonds is 3. The minimum absolute atomic E-state index is 0.482. The SMILES string of the molecule is c1cncc(-c2nccc3[nH]c(-c4n[nH]c5cnc(C6CCNCC6)cc45)nc23)c1. The monoisotopic (exact) mass is 396 g/mol. The summed E-state index contributed by atoms with van der Waals surface area (Å²) in [5.74, 6) is 1.20. The fourth-order valence-electron chi connectivity index (χ4n) is 4.22. The van der Waals surface area contributed by atoms with Crippen LogP contribution in [0.2, 0.25) is 0 Å². The summed E-state index contributed by atoms with van der Waals surface area (Å²) < 4.78 is 0. The van der Waals surface area contributed by atoms with E-state index in [-0.39, 0.29) is 0 Å². The Hall–Kier alpha value is -3.65. The lowest BCUT2D eigenvalue weighted by molar-refractivity contribution is 0.453. The molecule has 5 aromatic heterocycles. The summed E-state index contributed by atoms with van der Waals surface area (Å²) >= 11 is 0. The van der Waals surface area contributed by atoms with Gasteiger partial charge in [0.2, 0.25) is 0 Å². The molecule has 1 aliphatic heterocycles. The maximum atomic E-state index is 4.87. The van der Waals surface area contributed by atoms with Gasteiger partial charge in [-0.25, -0.2) is 4.98 Å². The van der Waals surface area contributed by atoms with Crippen molar-refractivity contribution in [3.63, 3.8) is 0 Å². The topological polar surface area (TPSA) is 108 Å². The van der Waals surface area contributed by atoms with Crippen LogP contribution in [0, 0.1) is 0 Å². The Morgan fingerprint density at radius 2 is 1.87 bits per heavy atom. The van der Waals surface area contributed by atoms with Gasteiger partial charge in [0, 0.05) is 41.2 Å². The average molecular weight is 396 g/mol. The molecule has 148 valence electrons. The first kappa shape index (κ1) is 17.2. The lowest BCUT2D eigenvalue weighted by Gasteiger charge is -2.21. The number of H-pyrrole nitrogens is 2. The number of aromatic amines is 2. The van der Waals surface area contributed by atoms with E-state index in [1.807, 2.05) is 24.4 Å². The van der Waals surface area contributed by atoms with E-state index in [0.717, 1.165) is 76.3 Å². The van der Waals surface area contributed by atoms with Crippen LogP contribution in [-0.2, 0) is 0 Å². The number of aromatic nitrogens is 7. The zero-order valence-electron chi connectivity index (χ0n) is 16.3. The predicted molar refractivity (Wildman–Crippen MR) is 115 cm³/mol. The molecule has 0 radical (unpaired) electrons. The third-order valence-corrected chi connectivity index (χ3v) is 5.79. The van der Waals surface area contributed by atoms with Crippen LogP contribution < -0.4 is 5.32 Å². The van der Waals surface area contributed by atoms with Crippen LogP contribution in [0.25, 0.3) is 44.7 Å². The zero-order chi connectivity index (χ0) is 19.9. The van der Waals surface area contributed by atoms with Crippen LogP contribution in [0.3, 0.4) is 0 Å². The normalized spacial score (nSPS) is 15.2. The standard InChI is InChI=1S/C22H20N8/c1-2-14(11-24-6-1)19-21-16(5-9-25-19)27-22(28-21)20-15-10-17(13-3-7-23-8-4-13)26-12-18(15)29-30-20/h1-2,5-6,9-13,23H,3-4,7-8H2,(H,27,28)(H,29,30). The Morgan fingerprint density at radius 1 is 0.933 bits per heavy atom. The second-order valence-electron chi connectivity index (χ2n) is 7.63. The summed E-state index contributed by atoms with van der Waals surface area (Å²) in [5, 5.41) is 12.1. The van der Waals surface area contributed by atoms with E-state index >= 15 is 0 Å². The average Bonchev–Trinajstić information content (AvgIpc) is 3.43. The van der Waals surface area contributed by atoms with Gasteiger partial charge in [-0.1, -0.05) is 0 Å². The molecule has 1 fully saturated rings. The number of fused-ring (bicyclic) bond motifs is 2. The molecule has 0 unspecified atom stereocenters. The molecule has 6 rings (SSSR count). The predicted octanol–water partition coefficient (Wildman–Crippen LogP) is 3.43. The molecule has 5 aromatic rings. The van der Waals surface area contributed by atoms with Gasteiger partial charge in [0.05, 0.1) is 22.9 Å². The van der Waals surface area contributed by atoms with Crippen molar-refractivity contribution < 1.29 is 0 Å². The van der Waals surface area contributed by atoms with E-state index in [4.69, 9.17) is 4.98 Å². The van der Waals surface area contributed by atoms with Crippen molar-refractivity contribution in [1.82, 2.24) is 40.4 Å². The number of hydrogen-bond acceptors (Lipinski definition) is 6. The molecule has 0 amide bonds. The number of nitrogens with one attached hydrogen (secondary N) is 3. The van der Waals surface area contributed by atoms with Crippen LogP contribution in [0.1, 0.15) is 24.5 Å². The maximum Gasteiger partial charge on any atom is 0.159 e. The van der Waals surface area contributed by atoms with Crippen molar-refractivity contribution in [2.24, 2.45) is 0 Å². The summed E-state index contributed by atoms with van der Waals surface area (Å²) in [5.41, 5.74) is 6.31. The van der Waals surface area contributed by atoms with Crippen molar-refractivity contribution in [2.45, 2.75) is 18.8 Å². The fraction of sp³-hybridized carbons (Fsp3) is 0.227. The highest BCUT2D eigenvalue weighted by atomic mass is 15.1. The summed E-state index contributed by atoms with van der Waals surface area (Å²) in [7, 11) is 0. The minimum atomic E-state index is 0.482. The molecule has 1 aliphatic rings. The first-order valence-electron chi connectivity index (χ1n) is 10.2. The highest BCUT2D eigenvalue weighted by molar-refractivity contribution is 5.95. The number of pyridine rings is 3. The molecule has 30 heavy (non-hydrogen) atoms. The lowest BCUT2D eigenvalue weighted by atomic mass is 9.93. The van der Waals surface area contributed by atoms with Gasteiger partial charge < -0.3 is 10.3 Å². The van der Waals surface area contributed by atoms with Crippen molar-refractivity contribution >= 4 is 21.9 Å². The van der Waals surface area contributed by atoms with Crippen LogP contribution >= 0.6 is 0 Å². The van der Waals surface area contributed by atoms with Gasteiger partial charge in [0.25, 0.3) is 0 Å². The van der Waals surface area contributed by atoms with Crippen LogP contribution in [0.5, 0.6) is 0 Å². The van der Waals surface area contributed by atoms with Gasteiger partial charge in [-0.2, -0.15) is 5.10 Å². The number of piperidine rings is 1. The first-order chi connectivity index (χ1) is 14.9. The van der Waals surface area contributed by atoms with Crippen LogP contribution in [0.4, 0.5) is 0 Å². The summed E-state index contributed by atoms with van der Waals surface area (Å²) in [6.07, 6.45) is 9.44. The van der Waals surface area contributed by atoms with Gasteiger partial charge in [0.1, 0.15) is 11.2 Å². The third-order valence-electron chi connectivity index (χ3n) is 5.79. The number of nitrogens with zero attached hydrogens (tertiary/aromatic N) is 5. The van der Waals surface area contributed by atoms with Gasteiger partial charge in [-0.3, -0.25) is 20.1 Å². The Balaban J connectivity index is 1.47. The highest BCUT2D eigenvalue weighted by Crippen LogP contribution is 2.32. The Morgan fingerprint density at radius 3 is 2.73 bits per heavy atom. The molecular formula is C22H20N8. The molecule has 0 atom stereocenters. The molecule has 6 heterocycles. The van der Waals surface area contributed by atoms with Gasteiger partial charge in [-0.05, 0) is 50.2 Å². The third kappa shape index (κ3) is 2.84. The Bertz CT molecular complexity index is 1330. The molecule has 0 saturated carbocycles. The van der Waals surface area contributed by atoms with E-state index in [1.54, 1.807) is 18.6 Å². The lowest BCUT2D eigenvalue weighted by Crippen LogP contribution is -2.27. The molecule has 8 heteroatoms. The van der Waals surface area contributed by atoms with E-state index in [9.17, 15) is 0 Å². The van der Waals surface area contributed by atoms with E-state index in [1.165, 1.54) is 0 Å². The molecule has 3 N–H and O–H groups in total. The number of imidazole rings is 1. The molecule has 0 spiro atoms. The van der Waals surface area contributed by atoms with Gasteiger partial charge in [-0.15, -0.1) is 0 Å². The Labute approximate surface area is 172 Å². The second kappa shape index (κ2) is 7.00. The molecular weight excluding hydrogens is 376 g/mol.